The third-order valence-corrected chi connectivity index (χ3v) is 5.10. The smallest absolute Gasteiger partial charge is 0.242 e. The largest absolute Gasteiger partial charge is 0.373 e. The topological polar surface area (TPSA) is 87.9 Å². The van der Waals surface area contributed by atoms with Crippen LogP contribution in [0.25, 0.3) is 0 Å². The van der Waals surface area contributed by atoms with Gasteiger partial charge >= 0.3 is 0 Å². The fourth-order valence-electron chi connectivity index (χ4n) is 3.77. The molecule has 2 fully saturated rings. The molecule has 2 amide bonds. The maximum absolute atomic E-state index is 12.6. The Bertz CT molecular complexity index is 472. The molecule has 0 bridgehead atoms. The van der Waals surface area contributed by atoms with Gasteiger partial charge in [0.2, 0.25) is 11.8 Å². The van der Waals surface area contributed by atoms with Crippen molar-refractivity contribution < 1.29 is 14.3 Å². The minimum Gasteiger partial charge on any atom is -0.373 e. The molecule has 0 radical (unpaired) electrons. The summed E-state index contributed by atoms with van der Waals surface area (Å²) in [6, 6.07) is -0.348. The number of nitrogens with one attached hydrogen (secondary N) is 1. The summed E-state index contributed by atoms with van der Waals surface area (Å²) in [4.78, 5) is 28.8. The predicted molar refractivity (Wildman–Crippen MR) is 112 cm³/mol. The van der Waals surface area contributed by atoms with E-state index in [-0.39, 0.29) is 67.3 Å². The SMILES string of the molecule is CC1CN(CC2CCCN2C(=O)CNC(=O)[C@@H](N)C(C)C)CC(C)O1.Cl.Cl. The van der Waals surface area contributed by atoms with Gasteiger partial charge < -0.3 is 20.7 Å². The average Bonchev–Trinajstić information content (AvgIpc) is 2.98. The Kier molecular flexibility index (Phi) is 11.8. The number of amides is 2. The maximum Gasteiger partial charge on any atom is 0.242 e. The molecule has 0 saturated carbocycles. The van der Waals surface area contributed by atoms with Gasteiger partial charge in [-0.25, -0.2) is 0 Å². The minimum absolute atomic E-state index is 0. The first kappa shape index (κ1) is 26.4. The highest BCUT2D eigenvalue weighted by Crippen LogP contribution is 2.20. The van der Waals surface area contributed by atoms with Gasteiger partial charge in [-0.2, -0.15) is 0 Å². The van der Waals surface area contributed by atoms with Crippen LogP contribution < -0.4 is 11.1 Å². The lowest BCUT2D eigenvalue weighted by Gasteiger charge is -2.38. The van der Waals surface area contributed by atoms with Gasteiger partial charge in [0, 0.05) is 32.2 Å². The molecule has 3 N–H and O–H groups in total. The molecule has 7 nitrogen and oxygen atoms in total. The molecule has 2 saturated heterocycles. The number of carbonyl (C=O) groups excluding carboxylic acids is 2. The fourth-order valence-corrected chi connectivity index (χ4v) is 3.77. The van der Waals surface area contributed by atoms with Crippen molar-refractivity contribution in [3.63, 3.8) is 0 Å². The number of morpholine rings is 1. The number of rotatable bonds is 6. The molecule has 0 spiro atoms. The molecule has 160 valence electrons. The molecule has 27 heavy (non-hydrogen) atoms. The Labute approximate surface area is 175 Å². The van der Waals surface area contributed by atoms with Crippen molar-refractivity contribution in [1.82, 2.24) is 15.1 Å². The van der Waals surface area contributed by atoms with Gasteiger partial charge in [-0.3, -0.25) is 14.5 Å². The Morgan fingerprint density at radius 2 is 1.78 bits per heavy atom. The van der Waals surface area contributed by atoms with Gasteiger partial charge in [-0.15, -0.1) is 24.8 Å². The van der Waals surface area contributed by atoms with Crippen LogP contribution in [0.2, 0.25) is 0 Å². The number of likely N-dealkylation sites (tertiary alicyclic amines) is 1. The molecule has 2 aliphatic heterocycles. The van der Waals surface area contributed by atoms with Crippen molar-refractivity contribution in [1.29, 1.82) is 0 Å². The Morgan fingerprint density at radius 3 is 2.33 bits per heavy atom. The number of hydrogen-bond donors (Lipinski definition) is 2. The quantitative estimate of drug-likeness (QED) is 0.661. The van der Waals surface area contributed by atoms with Gasteiger partial charge in [0.15, 0.2) is 0 Å². The van der Waals surface area contributed by atoms with Gasteiger partial charge in [-0.1, -0.05) is 13.8 Å². The summed E-state index contributed by atoms with van der Waals surface area (Å²) in [7, 11) is 0. The second-order valence-corrected chi connectivity index (χ2v) is 7.85. The van der Waals surface area contributed by atoms with Crippen LogP contribution >= 0.6 is 24.8 Å². The maximum atomic E-state index is 12.6. The summed E-state index contributed by atoms with van der Waals surface area (Å²) in [5.74, 6) is -0.212. The van der Waals surface area contributed by atoms with E-state index in [9.17, 15) is 9.59 Å². The number of ether oxygens (including phenoxy) is 1. The van der Waals surface area contributed by atoms with Crippen LogP contribution in [-0.2, 0) is 14.3 Å². The van der Waals surface area contributed by atoms with E-state index in [1.807, 2.05) is 18.7 Å². The third-order valence-electron chi connectivity index (χ3n) is 5.10. The zero-order valence-electron chi connectivity index (χ0n) is 16.8. The first-order chi connectivity index (χ1) is 11.8. The molecule has 0 aromatic heterocycles. The summed E-state index contributed by atoms with van der Waals surface area (Å²) in [5, 5.41) is 2.69. The van der Waals surface area contributed by atoms with E-state index < -0.39 is 6.04 Å². The molecular weight excluding hydrogens is 391 g/mol. The lowest BCUT2D eigenvalue weighted by molar-refractivity contribution is -0.134. The van der Waals surface area contributed by atoms with E-state index in [0.29, 0.717) is 0 Å². The monoisotopic (exact) mass is 426 g/mol. The van der Waals surface area contributed by atoms with Crippen LogP contribution in [0.5, 0.6) is 0 Å². The van der Waals surface area contributed by atoms with E-state index in [1.165, 1.54) is 0 Å². The number of hydrogen-bond acceptors (Lipinski definition) is 5. The lowest BCUT2D eigenvalue weighted by atomic mass is 10.1. The van der Waals surface area contributed by atoms with E-state index in [2.05, 4.69) is 24.1 Å². The first-order valence-corrected chi connectivity index (χ1v) is 9.48. The van der Waals surface area contributed by atoms with Crippen molar-refractivity contribution in [2.45, 2.75) is 64.8 Å². The van der Waals surface area contributed by atoms with Crippen LogP contribution in [0.3, 0.4) is 0 Å². The summed E-state index contributed by atoms with van der Waals surface area (Å²) >= 11 is 0. The van der Waals surface area contributed by atoms with E-state index in [0.717, 1.165) is 39.0 Å². The number of nitrogens with two attached hydrogens (primary N) is 1. The molecule has 0 aliphatic carbocycles. The summed E-state index contributed by atoms with van der Waals surface area (Å²) in [6.07, 6.45) is 2.49. The zero-order chi connectivity index (χ0) is 18.6. The van der Waals surface area contributed by atoms with Crippen LogP contribution in [0, 0.1) is 5.92 Å². The molecule has 3 unspecified atom stereocenters. The van der Waals surface area contributed by atoms with E-state index >= 15 is 0 Å². The van der Waals surface area contributed by atoms with E-state index in [4.69, 9.17) is 10.5 Å². The molecule has 2 rings (SSSR count). The minimum atomic E-state index is -0.571. The van der Waals surface area contributed by atoms with Gasteiger partial charge in [0.25, 0.3) is 0 Å². The number of nitrogens with zero attached hydrogens (tertiary/aromatic N) is 2. The normalized spacial score (nSPS) is 26.9. The highest BCUT2D eigenvalue weighted by atomic mass is 35.5. The van der Waals surface area contributed by atoms with Crippen LogP contribution in [0.15, 0.2) is 0 Å². The predicted octanol–water partition coefficient (Wildman–Crippen LogP) is 1.03. The third kappa shape index (κ3) is 7.74. The number of carbonyl (C=O) groups is 2. The van der Waals surface area contributed by atoms with Gasteiger partial charge in [0.1, 0.15) is 0 Å². The van der Waals surface area contributed by atoms with E-state index in [1.54, 1.807) is 0 Å². The summed E-state index contributed by atoms with van der Waals surface area (Å²) in [5.41, 5.74) is 5.82. The van der Waals surface area contributed by atoms with Gasteiger partial charge in [-0.05, 0) is 32.6 Å². The van der Waals surface area contributed by atoms with Crippen molar-refractivity contribution in [3.8, 4) is 0 Å². The molecule has 0 aromatic rings. The van der Waals surface area contributed by atoms with Crippen molar-refractivity contribution in [2.75, 3.05) is 32.7 Å². The fraction of sp³-hybridized carbons (Fsp3) is 0.889. The molecule has 4 atom stereocenters. The second kappa shape index (κ2) is 12.1. The molecular formula is C18H36Cl2N4O3. The van der Waals surface area contributed by atoms with Crippen molar-refractivity contribution in [2.24, 2.45) is 11.7 Å². The molecule has 2 aliphatic rings. The number of halogens is 2. The van der Waals surface area contributed by atoms with Gasteiger partial charge in [0.05, 0.1) is 24.8 Å². The summed E-state index contributed by atoms with van der Waals surface area (Å²) in [6.45, 7) is 11.5. The average molecular weight is 427 g/mol. The summed E-state index contributed by atoms with van der Waals surface area (Å²) < 4.78 is 5.78. The lowest BCUT2D eigenvalue weighted by Crippen LogP contribution is -2.52. The molecule has 9 heteroatoms. The standard InChI is InChI=1S/C18H34N4O3.2ClH/c1-12(2)17(19)18(24)20-8-16(23)22-7-5-6-15(22)11-21-9-13(3)25-14(4)10-21;;/h12-15,17H,5-11,19H2,1-4H3,(H,20,24);2*1H/t13?,14?,15?,17-;;/m0../s1. The Balaban J connectivity index is 0.00000338. The van der Waals surface area contributed by atoms with Crippen molar-refractivity contribution in [3.05, 3.63) is 0 Å². The Hall–Kier alpha value is -0.600. The highest BCUT2D eigenvalue weighted by molar-refractivity contribution is 5.87. The van der Waals surface area contributed by atoms with Crippen LogP contribution in [0.4, 0.5) is 0 Å². The van der Waals surface area contributed by atoms with Crippen molar-refractivity contribution >= 4 is 36.6 Å². The molecule has 2 heterocycles. The highest BCUT2D eigenvalue weighted by Gasteiger charge is 2.32. The second-order valence-electron chi connectivity index (χ2n) is 7.85. The zero-order valence-corrected chi connectivity index (χ0v) is 18.5. The first-order valence-electron chi connectivity index (χ1n) is 9.48. The Morgan fingerprint density at radius 1 is 1.19 bits per heavy atom. The van der Waals surface area contributed by atoms with Crippen LogP contribution in [0.1, 0.15) is 40.5 Å². The molecule has 0 aromatic carbocycles. The van der Waals surface area contributed by atoms with Crippen LogP contribution in [-0.4, -0.2) is 78.6 Å².